The second kappa shape index (κ2) is 11.4. The van der Waals surface area contributed by atoms with E-state index in [0.29, 0.717) is 0 Å². The Labute approximate surface area is 208 Å². The lowest BCUT2D eigenvalue weighted by atomic mass is 10.0. The lowest BCUT2D eigenvalue weighted by molar-refractivity contribution is -0.145. The fraction of sp³-hybridized carbons (Fsp3) is 0.296. The van der Waals surface area contributed by atoms with Crippen LogP contribution in [0.4, 0.5) is 4.79 Å². The van der Waals surface area contributed by atoms with Gasteiger partial charge < -0.3 is 30.1 Å². The van der Waals surface area contributed by atoms with Gasteiger partial charge in [-0.1, -0.05) is 36.4 Å². The molecule has 4 aromatic rings. The Morgan fingerprint density at radius 2 is 1.14 bits per heavy atom. The third kappa shape index (κ3) is 5.68. The number of rotatable bonds is 10. The largest absolute Gasteiger partial charge is 0.464 e. The van der Waals surface area contributed by atoms with Gasteiger partial charge in [0.1, 0.15) is 12.1 Å². The van der Waals surface area contributed by atoms with E-state index in [1.165, 1.54) is 0 Å². The fourth-order valence-corrected chi connectivity index (χ4v) is 4.27. The summed E-state index contributed by atoms with van der Waals surface area (Å²) in [5.41, 5.74) is 3.59. The minimum Gasteiger partial charge on any atom is -0.464 e. The standard InChI is InChI=1S/C27H30N4O5/c1-3-35-25(32)23(13-17-15-28-21-11-7-5-9-19(17)21)30-27(34)31-24(26(33)36-4-2)14-18-16-29-22-12-8-6-10-20(18)22/h5-12,15-16,23-24,28-29H,3-4,13-14H2,1-2H3,(H2,30,31,34)/t23-,24-/m0/s1. The SMILES string of the molecule is CCOC(=O)[C@H](Cc1c[nH]c2ccccc12)NC(=O)N[C@@H](Cc1c[nH]c2ccccc12)C(=O)OCC. The lowest BCUT2D eigenvalue weighted by Gasteiger charge is -2.21. The summed E-state index contributed by atoms with van der Waals surface area (Å²) in [5, 5.41) is 7.30. The number of H-pyrrole nitrogens is 2. The van der Waals surface area contributed by atoms with Gasteiger partial charge in [-0.25, -0.2) is 14.4 Å². The zero-order chi connectivity index (χ0) is 25.5. The van der Waals surface area contributed by atoms with Crippen molar-refractivity contribution in [2.24, 2.45) is 0 Å². The number of nitrogens with one attached hydrogen (secondary N) is 4. The van der Waals surface area contributed by atoms with Crippen molar-refractivity contribution < 1.29 is 23.9 Å². The van der Waals surface area contributed by atoms with Crippen molar-refractivity contribution in [2.45, 2.75) is 38.8 Å². The normalized spacial score (nSPS) is 12.7. The Bertz CT molecular complexity index is 1260. The molecule has 4 N–H and O–H groups in total. The Morgan fingerprint density at radius 1 is 0.722 bits per heavy atom. The van der Waals surface area contributed by atoms with E-state index in [-0.39, 0.29) is 26.1 Å². The maximum Gasteiger partial charge on any atom is 0.329 e. The second-order valence-electron chi connectivity index (χ2n) is 8.35. The predicted molar refractivity (Wildman–Crippen MR) is 137 cm³/mol. The minimum atomic E-state index is -0.944. The van der Waals surface area contributed by atoms with E-state index in [9.17, 15) is 14.4 Å². The smallest absolute Gasteiger partial charge is 0.329 e. The van der Waals surface area contributed by atoms with Crippen LogP contribution in [0.1, 0.15) is 25.0 Å². The summed E-state index contributed by atoms with van der Waals surface area (Å²) in [6, 6.07) is 12.9. The summed E-state index contributed by atoms with van der Waals surface area (Å²) in [5.74, 6) is -1.11. The van der Waals surface area contributed by atoms with Gasteiger partial charge in [-0.05, 0) is 37.1 Å². The molecule has 0 bridgehead atoms. The summed E-state index contributed by atoms with van der Waals surface area (Å²) in [6.07, 6.45) is 4.08. The van der Waals surface area contributed by atoms with Crippen LogP contribution in [0, 0.1) is 0 Å². The van der Waals surface area contributed by atoms with E-state index in [2.05, 4.69) is 20.6 Å². The molecule has 0 radical (unpaired) electrons. The molecule has 0 saturated heterocycles. The van der Waals surface area contributed by atoms with Crippen LogP contribution in [-0.4, -0.2) is 53.2 Å². The van der Waals surface area contributed by atoms with Gasteiger partial charge in [0.2, 0.25) is 0 Å². The molecule has 188 valence electrons. The van der Waals surface area contributed by atoms with Crippen LogP contribution in [0.3, 0.4) is 0 Å². The van der Waals surface area contributed by atoms with Gasteiger partial charge in [0.05, 0.1) is 13.2 Å². The number of amides is 2. The molecule has 0 spiro atoms. The molecule has 0 saturated carbocycles. The highest BCUT2D eigenvalue weighted by atomic mass is 16.5. The van der Waals surface area contributed by atoms with Gasteiger partial charge in [0.25, 0.3) is 0 Å². The van der Waals surface area contributed by atoms with E-state index in [1.807, 2.05) is 60.9 Å². The van der Waals surface area contributed by atoms with Crippen LogP contribution in [0.2, 0.25) is 0 Å². The molecule has 0 aliphatic heterocycles. The number of esters is 2. The van der Waals surface area contributed by atoms with Crippen LogP contribution in [-0.2, 0) is 31.9 Å². The number of benzene rings is 2. The third-order valence-corrected chi connectivity index (χ3v) is 5.95. The second-order valence-corrected chi connectivity index (χ2v) is 8.35. The van der Waals surface area contributed by atoms with Crippen molar-refractivity contribution >= 4 is 39.8 Å². The molecule has 9 heteroatoms. The van der Waals surface area contributed by atoms with Gasteiger partial charge >= 0.3 is 18.0 Å². The third-order valence-electron chi connectivity index (χ3n) is 5.95. The molecule has 0 aliphatic rings. The van der Waals surface area contributed by atoms with Gasteiger partial charge in [-0.15, -0.1) is 0 Å². The Hall–Kier alpha value is -4.27. The maximum atomic E-state index is 13.0. The van der Waals surface area contributed by atoms with Crippen LogP contribution < -0.4 is 10.6 Å². The molecule has 2 heterocycles. The van der Waals surface area contributed by atoms with Crippen molar-refractivity contribution in [1.29, 1.82) is 0 Å². The lowest BCUT2D eigenvalue weighted by Crippen LogP contribution is -2.53. The molecular formula is C27H30N4O5. The highest BCUT2D eigenvalue weighted by molar-refractivity contribution is 5.90. The molecule has 2 aromatic heterocycles. The number of urea groups is 1. The Balaban J connectivity index is 1.51. The topological polar surface area (TPSA) is 125 Å². The molecule has 2 aromatic carbocycles. The molecule has 2 amide bonds. The van der Waals surface area contributed by atoms with E-state index >= 15 is 0 Å². The fourth-order valence-electron chi connectivity index (χ4n) is 4.27. The number of hydrogen-bond acceptors (Lipinski definition) is 5. The summed E-state index contributed by atoms with van der Waals surface area (Å²) in [7, 11) is 0. The summed E-state index contributed by atoms with van der Waals surface area (Å²) < 4.78 is 10.4. The molecule has 4 rings (SSSR count). The first-order chi connectivity index (χ1) is 17.5. The van der Waals surface area contributed by atoms with Crippen molar-refractivity contribution in [3.05, 3.63) is 72.1 Å². The number of hydrogen-bond donors (Lipinski definition) is 4. The van der Waals surface area contributed by atoms with Crippen LogP contribution in [0.25, 0.3) is 21.8 Å². The monoisotopic (exact) mass is 490 g/mol. The van der Waals surface area contributed by atoms with Gasteiger partial charge in [-0.2, -0.15) is 0 Å². The summed E-state index contributed by atoms with van der Waals surface area (Å²) in [4.78, 5) is 44.7. The number of fused-ring (bicyclic) bond motifs is 2. The Morgan fingerprint density at radius 3 is 1.56 bits per heavy atom. The van der Waals surface area contributed by atoms with Crippen molar-refractivity contribution in [3.8, 4) is 0 Å². The minimum absolute atomic E-state index is 0.179. The van der Waals surface area contributed by atoms with Crippen molar-refractivity contribution in [1.82, 2.24) is 20.6 Å². The zero-order valence-electron chi connectivity index (χ0n) is 20.3. The first-order valence-electron chi connectivity index (χ1n) is 12.0. The molecule has 36 heavy (non-hydrogen) atoms. The molecule has 0 unspecified atom stereocenters. The summed E-state index contributed by atoms with van der Waals surface area (Å²) in [6.45, 7) is 3.77. The average molecular weight is 491 g/mol. The van der Waals surface area contributed by atoms with E-state index in [4.69, 9.17) is 9.47 Å². The van der Waals surface area contributed by atoms with E-state index in [1.54, 1.807) is 13.8 Å². The van der Waals surface area contributed by atoms with Gasteiger partial charge in [-0.3, -0.25) is 0 Å². The van der Waals surface area contributed by atoms with Crippen LogP contribution in [0.5, 0.6) is 0 Å². The number of ether oxygens (including phenoxy) is 2. The number of para-hydroxylation sites is 2. The number of aromatic amines is 2. The first kappa shape index (κ1) is 24.8. The highest BCUT2D eigenvalue weighted by Gasteiger charge is 2.28. The van der Waals surface area contributed by atoms with Crippen LogP contribution >= 0.6 is 0 Å². The van der Waals surface area contributed by atoms with Crippen molar-refractivity contribution in [2.75, 3.05) is 13.2 Å². The van der Waals surface area contributed by atoms with Crippen LogP contribution in [0.15, 0.2) is 60.9 Å². The predicted octanol–water partition coefficient (Wildman–Crippen LogP) is 3.60. The number of carbonyl (C=O) groups excluding carboxylic acids is 3. The first-order valence-corrected chi connectivity index (χ1v) is 12.0. The molecular weight excluding hydrogens is 460 g/mol. The van der Waals surface area contributed by atoms with E-state index in [0.717, 1.165) is 32.9 Å². The highest BCUT2D eigenvalue weighted by Crippen LogP contribution is 2.21. The maximum absolute atomic E-state index is 13.0. The molecule has 9 nitrogen and oxygen atoms in total. The number of aromatic nitrogens is 2. The molecule has 0 aliphatic carbocycles. The van der Waals surface area contributed by atoms with Gasteiger partial charge in [0.15, 0.2) is 0 Å². The van der Waals surface area contributed by atoms with Crippen molar-refractivity contribution in [3.63, 3.8) is 0 Å². The van der Waals surface area contributed by atoms with E-state index < -0.39 is 30.1 Å². The number of carbonyl (C=O) groups is 3. The van der Waals surface area contributed by atoms with Gasteiger partial charge in [0, 0.05) is 47.0 Å². The zero-order valence-corrected chi connectivity index (χ0v) is 20.3. The summed E-state index contributed by atoms with van der Waals surface area (Å²) >= 11 is 0. The quantitative estimate of drug-likeness (QED) is 0.253. The average Bonchev–Trinajstić information content (AvgIpc) is 3.48. The Kier molecular flexibility index (Phi) is 7.89. The molecule has 0 fully saturated rings. The molecule has 2 atom stereocenters.